The van der Waals surface area contributed by atoms with Crippen LogP contribution in [0.3, 0.4) is 0 Å². The van der Waals surface area contributed by atoms with Gasteiger partial charge in [-0.15, -0.1) is 0 Å². The fraction of sp³-hybridized carbons (Fsp3) is 0.625. The van der Waals surface area contributed by atoms with Crippen molar-refractivity contribution in [3.63, 3.8) is 0 Å². The van der Waals surface area contributed by atoms with Gasteiger partial charge in [0.15, 0.2) is 0 Å². The van der Waals surface area contributed by atoms with Crippen molar-refractivity contribution >= 4 is 17.5 Å². The molecule has 0 bridgehead atoms. The van der Waals surface area contributed by atoms with Crippen LogP contribution in [0.5, 0.6) is 0 Å². The molecule has 21 heavy (non-hydrogen) atoms. The summed E-state index contributed by atoms with van der Waals surface area (Å²) >= 11 is 6.01. The van der Waals surface area contributed by atoms with Crippen LogP contribution in [0.1, 0.15) is 48.7 Å². The lowest BCUT2D eigenvalue weighted by Crippen LogP contribution is -2.57. The molecule has 0 saturated heterocycles. The number of amides is 1. The summed E-state index contributed by atoms with van der Waals surface area (Å²) in [5.74, 6) is -0.0650. The Morgan fingerprint density at radius 1 is 1.43 bits per heavy atom. The van der Waals surface area contributed by atoms with Gasteiger partial charge in [0.05, 0.1) is 0 Å². The third-order valence-electron chi connectivity index (χ3n) is 4.43. The van der Waals surface area contributed by atoms with Crippen LogP contribution in [-0.4, -0.2) is 42.0 Å². The largest absolute Gasteiger partial charge is 0.350 e. The zero-order chi connectivity index (χ0) is 15.5. The predicted molar refractivity (Wildman–Crippen MR) is 85.8 cm³/mol. The Labute approximate surface area is 131 Å². The first-order valence-electron chi connectivity index (χ1n) is 7.59. The number of nitrogens with zero attached hydrogens (tertiary/aromatic N) is 2. The Morgan fingerprint density at radius 3 is 2.67 bits per heavy atom. The van der Waals surface area contributed by atoms with Gasteiger partial charge in [0.1, 0.15) is 5.15 Å². The van der Waals surface area contributed by atoms with E-state index in [0.717, 1.165) is 31.4 Å². The topological polar surface area (TPSA) is 45.2 Å². The molecule has 1 fully saturated rings. The van der Waals surface area contributed by atoms with Crippen molar-refractivity contribution in [2.45, 2.75) is 44.6 Å². The molecule has 0 spiro atoms. The molecule has 2 rings (SSSR count). The lowest BCUT2D eigenvalue weighted by atomic mass is 9.75. The van der Waals surface area contributed by atoms with Crippen molar-refractivity contribution in [2.24, 2.45) is 0 Å². The molecule has 0 aromatic carbocycles. The van der Waals surface area contributed by atoms with E-state index in [1.54, 1.807) is 6.07 Å². The van der Waals surface area contributed by atoms with E-state index in [1.165, 1.54) is 6.42 Å². The average molecular weight is 310 g/mol. The number of rotatable bonds is 6. The van der Waals surface area contributed by atoms with Gasteiger partial charge in [0.25, 0.3) is 5.91 Å². The minimum absolute atomic E-state index is 0.0650. The van der Waals surface area contributed by atoms with Gasteiger partial charge in [0.2, 0.25) is 0 Å². The van der Waals surface area contributed by atoms with Gasteiger partial charge in [0, 0.05) is 23.3 Å². The maximum atomic E-state index is 12.3. The second-order valence-corrected chi connectivity index (χ2v) is 6.46. The van der Waals surface area contributed by atoms with Crippen LogP contribution in [0.25, 0.3) is 0 Å². The molecule has 0 aliphatic heterocycles. The van der Waals surface area contributed by atoms with Crippen molar-refractivity contribution in [1.82, 2.24) is 15.2 Å². The summed E-state index contributed by atoms with van der Waals surface area (Å²) in [4.78, 5) is 18.8. The zero-order valence-corrected chi connectivity index (χ0v) is 13.8. The Bertz CT molecular complexity index is 512. The van der Waals surface area contributed by atoms with E-state index < -0.39 is 0 Å². The molecule has 4 nitrogen and oxygen atoms in total. The first kappa shape index (κ1) is 16.2. The predicted octanol–water partition coefficient (Wildman–Crippen LogP) is 2.90. The second kappa shape index (κ2) is 6.75. The molecule has 1 amide bonds. The van der Waals surface area contributed by atoms with Crippen LogP contribution in [0.2, 0.25) is 5.15 Å². The lowest BCUT2D eigenvalue weighted by molar-refractivity contribution is 0.0557. The van der Waals surface area contributed by atoms with Gasteiger partial charge in [-0.1, -0.05) is 24.9 Å². The number of nitrogens with one attached hydrogen (secondary N) is 1. The number of pyridine rings is 1. The molecule has 1 heterocycles. The summed E-state index contributed by atoms with van der Waals surface area (Å²) in [5.41, 5.74) is 1.60. The number of halogens is 1. The van der Waals surface area contributed by atoms with Crippen molar-refractivity contribution in [3.05, 3.63) is 28.5 Å². The number of hydrogen-bond donors (Lipinski definition) is 1. The smallest absolute Gasteiger partial charge is 0.251 e. The van der Waals surface area contributed by atoms with E-state index in [0.29, 0.717) is 17.3 Å². The maximum absolute atomic E-state index is 12.3. The third-order valence-corrected chi connectivity index (χ3v) is 4.62. The molecule has 0 atom stereocenters. The van der Waals surface area contributed by atoms with E-state index in [9.17, 15) is 4.79 Å². The quantitative estimate of drug-likeness (QED) is 0.822. The van der Waals surface area contributed by atoms with Crippen molar-refractivity contribution < 1.29 is 4.79 Å². The SMILES string of the molecule is CCCc1cc(C(=O)NCC2(N(C)C)CCC2)cc(Cl)n1. The summed E-state index contributed by atoms with van der Waals surface area (Å²) in [7, 11) is 4.15. The first-order valence-corrected chi connectivity index (χ1v) is 7.97. The Balaban J connectivity index is 2.03. The molecule has 1 N–H and O–H groups in total. The number of likely N-dealkylation sites (N-methyl/N-ethyl adjacent to an activating group) is 1. The first-order chi connectivity index (χ1) is 9.97. The Kier molecular flexibility index (Phi) is 5.22. The Morgan fingerprint density at radius 2 is 2.14 bits per heavy atom. The maximum Gasteiger partial charge on any atom is 0.251 e. The highest BCUT2D eigenvalue weighted by atomic mass is 35.5. The van der Waals surface area contributed by atoms with Crippen LogP contribution in [0, 0.1) is 0 Å². The van der Waals surface area contributed by atoms with Gasteiger partial charge in [-0.25, -0.2) is 4.98 Å². The second-order valence-electron chi connectivity index (χ2n) is 6.07. The molecule has 1 aromatic rings. The van der Waals surface area contributed by atoms with Crippen molar-refractivity contribution in [2.75, 3.05) is 20.6 Å². The van der Waals surface area contributed by atoms with Gasteiger partial charge < -0.3 is 10.2 Å². The highest BCUT2D eigenvalue weighted by Crippen LogP contribution is 2.35. The molecule has 0 radical (unpaired) electrons. The highest BCUT2D eigenvalue weighted by molar-refractivity contribution is 6.29. The molecule has 1 aliphatic rings. The van der Waals surface area contributed by atoms with Gasteiger partial charge in [-0.05, 0) is 51.9 Å². The van der Waals surface area contributed by atoms with Crippen molar-refractivity contribution in [3.8, 4) is 0 Å². The minimum Gasteiger partial charge on any atom is -0.350 e. The average Bonchev–Trinajstić information content (AvgIpc) is 2.36. The molecule has 116 valence electrons. The molecule has 1 aromatic heterocycles. The van der Waals surface area contributed by atoms with Crippen molar-refractivity contribution in [1.29, 1.82) is 0 Å². The van der Waals surface area contributed by atoms with Gasteiger partial charge in [-0.3, -0.25) is 4.79 Å². The van der Waals surface area contributed by atoms with Crippen LogP contribution >= 0.6 is 11.6 Å². The fourth-order valence-corrected chi connectivity index (χ4v) is 3.01. The molecule has 1 aliphatic carbocycles. The van der Waals surface area contributed by atoms with Gasteiger partial charge >= 0.3 is 0 Å². The molecule has 0 unspecified atom stereocenters. The number of hydrogen-bond acceptors (Lipinski definition) is 3. The number of carbonyl (C=O) groups excluding carboxylic acids is 1. The van der Waals surface area contributed by atoms with E-state index in [-0.39, 0.29) is 11.4 Å². The molecular weight excluding hydrogens is 286 g/mol. The van der Waals surface area contributed by atoms with Gasteiger partial charge in [-0.2, -0.15) is 0 Å². The standard InChI is InChI=1S/C16H24ClN3O/c1-4-6-13-9-12(10-14(17)19-13)15(21)18-11-16(20(2)3)7-5-8-16/h9-10H,4-8,11H2,1-3H3,(H,18,21). The summed E-state index contributed by atoms with van der Waals surface area (Å²) < 4.78 is 0. The number of aromatic nitrogens is 1. The highest BCUT2D eigenvalue weighted by Gasteiger charge is 2.39. The Hall–Kier alpha value is -1.13. The van der Waals surface area contributed by atoms with E-state index in [1.807, 2.05) is 6.07 Å². The van der Waals surface area contributed by atoms with Crippen LogP contribution < -0.4 is 5.32 Å². The van der Waals surface area contributed by atoms with Crippen LogP contribution in [0.4, 0.5) is 0 Å². The van der Waals surface area contributed by atoms with E-state index >= 15 is 0 Å². The van der Waals surface area contributed by atoms with E-state index in [4.69, 9.17) is 11.6 Å². The zero-order valence-electron chi connectivity index (χ0n) is 13.1. The number of aryl methyl sites for hydroxylation is 1. The third kappa shape index (κ3) is 3.74. The lowest BCUT2D eigenvalue weighted by Gasteiger charge is -2.47. The summed E-state index contributed by atoms with van der Waals surface area (Å²) in [6.07, 6.45) is 5.33. The molecule has 1 saturated carbocycles. The molecular formula is C16H24ClN3O. The minimum atomic E-state index is -0.0650. The number of carbonyl (C=O) groups is 1. The summed E-state index contributed by atoms with van der Waals surface area (Å²) in [6.45, 7) is 2.77. The molecule has 5 heteroatoms. The van der Waals surface area contributed by atoms with E-state index in [2.05, 4.69) is 36.2 Å². The summed E-state index contributed by atoms with van der Waals surface area (Å²) in [6, 6.07) is 3.48. The summed E-state index contributed by atoms with van der Waals surface area (Å²) in [5, 5.41) is 3.44. The normalized spacial score (nSPS) is 16.6. The van der Waals surface area contributed by atoms with Crippen LogP contribution in [-0.2, 0) is 6.42 Å². The monoisotopic (exact) mass is 309 g/mol. The fourth-order valence-electron chi connectivity index (χ4n) is 2.78. The van der Waals surface area contributed by atoms with Crippen LogP contribution in [0.15, 0.2) is 12.1 Å².